The van der Waals surface area contributed by atoms with Crippen molar-refractivity contribution in [3.05, 3.63) is 82.2 Å². The molecule has 1 saturated heterocycles. The van der Waals surface area contributed by atoms with Gasteiger partial charge in [0.15, 0.2) is 0 Å². The summed E-state index contributed by atoms with van der Waals surface area (Å²) >= 11 is 1.44. The zero-order valence-corrected chi connectivity index (χ0v) is 23.3. The Labute approximate surface area is 239 Å². The highest BCUT2D eigenvalue weighted by Crippen LogP contribution is 2.39. The summed E-state index contributed by atoms with van der Waals surface area (Å²) in [6, 6.07) is 5.09. The first-order valence-electron chi connectivity index (χ1n) is 14.0. The Balaban J connectivity index is 1.12. The van der Waals surface area contributed by atoms with Gasteiger partial charge in [0.2, 0.25) is 0 Å². The van der Waals surface area contributed by atoms with E-state index in [1.165, 1.54) is 23.6 Å². The van der Waals surface area contributed by atoms with Gasteiger partial charge in [-0.05, 0) is 67.0 Å². The first kappa shape index (κ1) is 26.9. The molecule has 1 saturated carbocycles. The number of benzene rings is 1. The maximum Gasteiger partial charge on any atom is 0.410 e. The Morgan fingerprint density at radius 3 is 3.00 bits per heavy atom. The molecule has 2 bridgehead atoms. The molecule has 2 atom stereocenters. The number of hydrogen-bond donors (Lipinski definition) is 0. The van der Waals surface area contributed by atoms with Gasteiger partial charge in [0.25, 0.3) is 0 Å². The highest BCUT2D eigenvalue weighted by atomic mass is 32.2. The minimum absolute atomic E-state index is 0.0932. The molecule has 2 aliphatic carbocycles. The van der Waals surface area contributed by atoms with Crippen molar-refractivity contribution < 1.29 is 13.9 Å². The Bertz CT molecular complexity index is 1340. The summed E-state index contributed by atoms with van der Waals surface area (Å²) in [5.74, 6) is -0.266. The fourth-order valence-electron chi connectivity index (χ4n) is 5.48. The monoisotopic (exact) mass is 559 g/mol. The van der Waals surface area contributed by atoms with Gasteiger partial charge in [0.05, 0.1) is 12.1 Å². The topological polar surface area (TPSA) is 69.9 Å². The predicted octanol–water partition coefficient (Wildman–Crippen LogP) is 6.19. The molecule has 7 nitrogen and oxygen atoms in total. The lowest BCUT2D eigenvalue weighted by Crippen LogP contribution is -2.33. The third-order valence-corrected chi connectivity index (χ3v) is 8.59. The molecule has 0 radical (unpaired) electrons. The van der Waals surface area contributed by atoms with Crippen LogP contribution in [0.2, 0.25) is 0 Å². The molecule has 6 rings (SSSR count). The van der Waals surface area contributed by atoms with E-state index in [-0.39, 0.29) is 36.1 Å². The van der Waals surface area contributed by atoms with Crippen LogP contribution in [0, 0.1) is 5.82 Å². The van der Waals surface area contributed by atoms with Gasteiger partial charge in [-0.1, -0.05) is 30.4 Å². The van der Waals surface area contributed by atoms with Gasteiger partial charge in [0, 0.05) is 73.8 Å². The highest BCUT2D eigenvalue weighted by molar-refractivity contribution is 8.01. The van der Waals surface area contributed by atoms with Crippen molar-refractivity contribution in [2.45, 2.75) is 69.3 Å². The predicted molar refractivity (Wildman–Crippen MR) is 159 cm³/mol. The van der Waals surface area contributed by atoms with Crippen LogP contribution >= 0.6 is 11.9 Å². The Kier molecular flexibility index (Phi) is 8.11. The number of carbonyl (C=O) groups is 1. The van der Waals surface area contributed by atoms with Gasteiger partial charge in [-0.25, -0.2) is 13.6 Å². The van der Waals surface area contributed by atoms with E-state index in [2.05, 4.69) is 38.1 Å². The second kappa shape index (κ2) is 12.1. The molecule has 208 valence electrons. The average Bonchev–Trinajstić information content (AvgIpc) is 3.39. The quantitative estimate of drug-likeness (QED) is 0.385. The number of ether oxygens (including phenoxy) is 1. The molecular weight excluding hydrogens is 525 g/mol. The normalized spacial score (nSPS) is 30.5. The molecular formula is C31H34FN5O2S. The van der Waals surface area contributed by atoms with Crippen molar-refractivity contribution in [3.63, 3.8) is 0 Å². The van der Waals surface area contributed by atoms with Crippen LogP contribution < -0.4 is 0 Å². The molecule has 40 heavy (non-hydrogen) atoms. The summed E-state index contributed by atoms with van der Waals surface area (Å²) in [5, 5.41) is 2.07. The number of nitrogens with zero attached hydrogens (tertiary/aromatic N) is 5. The van der Waals surface area contributed by atoms with Crippen molar-refractivity contribution in [1.29, 1.82) is 0 Å². The molecule has 3 aliphatic heterocycles. The smallest absolute Gasteiger partial charge is 0.410 e. The number of carbonyl (C=O) groups excluding carboxylic acids is 1. The third kappa shape index (κ3) is 6.53. The van der Waals surface area contributed by atoms with Crippen molar-refractivity contribution in [1.82, 2.24) is 9.80 Å². The second-order valence-electron chi connectivity index (χ2n) is 11.0. The fraction of sp³-hybridized carbons (Fsp3) is 0.419. The largest absolute Gasteiger partial charge is 0.445 e. The minimum Gasteiger partial charge on any atom is -0.445 e. The van der Waals surface area contributed by atoms with Crippen LogP contribution in [0.4, 0.5) is 9.18 Å². The van der Waals surface area contributed by atoms with Gasteiger partial charge in [-0.3, -0.25) is 19.8 Å². The van der Waals surface area contributed by atoms with Crippen LogP contribution in [0.25, 0.3) is 0 Å². The molecule has 1 amide bonds. The number of allylic oxidation sites excluding steroid dienone is 6. The van der Waals surface area contributed by atoms with Gasteiger partial charge in [-0.15, -0.1) is 0 Å². The van der Waals surface area contributed by atoms with Crippen LogP contribution in [-0.4, -0.2) is 65.3 Å². The van der Waals surface area contributed by atoms with E-state index in [0.29, 0.717) is 25.1 Å². The van der Waals surface area contributed by atoms with Crippen molar-refractivity contribution in [2.24, 2.45) is 14.4 Å². The zero-order valence-electron chi connectivity index (χ0n) is 22.5. The summed E-state index contributed by atoms with van der Waals surface area (Å²) in [6.45, 7) is 2.18. The number of fused-ring (bicyclic) bond motifs is 4. The van der Waals surface area contributed by atoms with Gasteiger partial charge in [-0.2, -0.15) is 0 Å². The molecule has 1 aromatic rings. The van der Waals surface area contributed by atoms with Crippen LogP contribution in [-0.2, 0) is 17.8 Å². The first-order chi connectivity index (χ1) is 19.6. The number of hydrogen-bond acceptors (Lipinski definition) is 7. The lowest BCUT2D eigenvalue weighted by molar-refractivity contribution is 0.0647. The van der Waals surface area contributed by atoms with E-state index in [9.17, 15) is 9.18 Å². The van der Waals surface area contributed by atoms with E-state index in [4.69, 9.17) is 9.73 Å². The minimum atomic E-state index is -0.381. The summed E-state index contributed by atoms with van der Waals surface area (Å²) in [7, 11) is 0. The van der Waals surface area contributed by atoms with Crippen molar-refractivity contribution in [3.8, 4) is 0 Å². The van der Waals surface area contributed by atoms with E-state index in [1.807, 2.05) is 36.7 Å². The molecule has 0 N–H and O–H groups in total. The highest BCUT2D eigenvalue weighted by Gasteiger charge is 2.42. The standard InChI is InChI=1S/C31H34FN5O2S/c32-29-10-6-8-24-18-37(20-28(24)29)30(38)39-27-16-26-17-34-31(11-12-31)22-35-40-21-23-7-5-9-25(15-23)33-13-3-1-2-4-14-36(26)19-27/h1,3,5-10,13,17,21-22,26-27H,2,4,11-12,14-16,18-20H2/b3-1-,23-21-,33-13+,34-17+,35-22+. The summed E-state index contributed by atoms with van der Waals surface area (Å²) in [6.07, 6.45) is 21.0. The lowest BCUT2D eigenvalue weighted by atomic mass is 10.1. The van der Waals surface area contributed by atoms with Crippen LogP contribution in [0.1, 0.15) is 49.7 Å². The fourth-order valence-corrected chi connectivity index (χ4v) is 6.10. The van der Waals surface area contributed by atoms with Crippen LogP contribution in [0.5, 0.6) is 0 Å². The van der Waals surface area contributed by atoms with Crippen molar-refractivity contribution in [2.75, 3.05) is 13.1 Å². The van der Waals surface area contributed by atoms with Crippen molar-refractivity contribution >= 4 is 36.7 Å². The van der Waals surface area contributed by atoms with E-state index < -0.39 is 0 Å². The summed E-state index contributed by atoms with van der Waals surface area (Å²) < 4.78 is 24.7. The number of aliphatic imine (C=N–C) groups is 2. The van der Waals surface area contributed by atoms with E-state index >= 15 is 0 Å². The Hall–Kier alpha value is -3.30. The molecule has 2 fully saturated rings. The maximum atomic E-state index is 14.2. The second-order valence-corrected chi connectivity index (χ2v) is 11.7. The average molecular weight is 560 g/mol. The third-order valence-electron chi connectivity index (χ3n) is 7.95. The molecule has 1 spiro atoms. The Morgan fingerprint density at radius 2 is 2.12 bits per heavy atom. The van der Waals surface area contributed by atoms with E-state index in [1.54, 1.807) is 11.0 Å². The SMILES string of the molecule is O=C(OC1CC2/C=N/C3(/C=N/S/C=C4/C=CC=C(C4)/N=C/C=C\CCCN2C1)CC3)N1Cc2cccc(F)c2C1. The van der Waals surface area contributed by atoms with Crippen LogP contribution in [0.3, 0.4) is 0 Å². The lowest BCUT2D eigenvalue weighted by Gasteiger charge is -2.21. The first-order valence-corrected chi connectivity index (χ1v) is 14.9. The van der Waals surface area contributed by atoms with E-state index in [0.717, 1.165) is 49.9 Å². The number of amides is 1. The molecule has 9 heteroatoms. The number of halogens is 1. The zero-order chi connectivity index (χ0) is 27.4. The molecule has 3 heterocycles. The van der Waals surface area contributed by atoms with Crippen LogP contribution in [0.15, 0.2) is 79.6 Å². The maximum absolute atomic E-state index is 14.2. The molecule has 1 aromatic carbocycles. The van der Waals surface area contributed by atoms with Gasteiger partial charge < -0.3 is 4.74 Å². The molecule has 5 aliphatic rings. The summed E-state index contributed by atoms with van der Waals surface area (Å²) in [5.41, 5.74) is 3.44. The molecule has 2 unspecified atom stereocenters. The van der Waals surface area contributed by atoms with Gasteiger partial charge in [0.1, 0.15) is 11.9 Å². The number of rotatable bonds is 1. The van der Waals surface area contributed by atoms with Gasteiger partial charge >= 0.3 is 6.09 Å². The Morgan fingerprint density at radius 1 is 1.20 bits per heavy atom. The molecule has 0 aromatic heterocycles. The summed E-state index contributed by atoms with van der Waals surface area (Å²) in [4.78, 5) is 26.5.